The fraction of sp³-hybridized carbons (Fsp3) is 0.214. The number of halogens is 2. The molecule has 192 valence electrons. The summed E-state index contributed by atoms with van der Waals surface area (Å²) in [6.07, 6.45) is 9.11. The van der Waals surface area contributed by atoms with Gasteiger partial charge in [-0.1, -0.05) is 6.07 Å². The van der Waals surface area contributed by atoms with Crippen molar-refractivity contribution in [3.05, 3.63) is 90.6 Å². The number of carbonyl (C=O) groups is 1. The molecule has 8 nitrogen and oxygen atoms in total. The van der Waals surface area contributed by atoms with Crippen LogP contribution < -0.4 is 4.90 Å². The topological polar surface area (TPSA) is 71.6 Å². The molecule has 0 unspecified atom stereocenters. The number of rotatable bonds is 5. The van der Waals surface area contributed by atoms with Crippen LogP contribution in [0.2, 0.25) is 0 Å². The first-order valence-electron chi connectivity index (χ1n) is 12.3. The van der Waals surface area contributed by atoms with E-state index in [0.717, 1.165) is 33.6 Å². The number of fused-ring (bicyclic) bond motifs is 1. The Morgan fingerprint density at radius 1 is 0.895 bits per heavy atom. The van der Waals surface area contributed by atoms with Gasteiger partial charge in [0.25, 0.3) is 0 Å². The van der Waals surface area contributed by atoms with Crippen LogP contribution in [-0.4, -0.2) is 61.4 Å². The Morgan fingerprint density at radius 2 is 1.68 bits per heavy atom. The van der Waals surface area contributed by atoms with E-state index in [0.29, 0.717) is 26.2 Å². The van der Waals surface area contributed by atoms with E-state index in [9.17, 15) is 13.6 Å². The number of benzene rings is 1. The number of piperazine rings is 1. The molecule has 0 bridgehead atoms. The quantitative estimate of drug-likeness (QED) is 0.356. The molecule has 1 aromatic carbocycles. The zero-order chi connectivity index (χ0) is 26.2. The minimum absolute atomic E-state index is 0.183. The third kappa shape index (κ3) is 4.49. The van der Waals surface area contributed by atoms with Crippen molar-refractivity contribution in [2.24, 2.45) is 7.05 Å². The van der Waals surface area contributed by atoms with E-state index in [2.05, 4.69) is 21.2 Å². The fourth-order valence-electron chi connectivity index (χ4n) is 4.87. The highest BCUT2D eigenvalue weighted by Gasteiger charge is 2.24. The normalized spacial score (nSPS) is 13.9. The van der Waals surface area contributed by atoms with E-state index < -0.39 is 11.6 Å². The highest BCUT2D eigenvalue weighted by atomic mass is 19.1. The predicted molar refractivity (Wildman–Crippen MR) is 139 cm³/mol. The molecule has 6 rings (SSSR count). The highest BCUT2D eigenvalue weighted by molar-refractivity contribution is 5.84. The Kier molecular flexibility index (Phi) is 6.07. The van der Waals surface area contributed by atoms with Gasteiger partial charge in [0.2, 0.25) is 5.91 Å². The van der Waals surface area contributed by atoms with Gasteiger partial charge in [-0.15, -0.1) is 0 Å². The van der Waals surface area contributed by atoms with Gasteiger partial charge < -0.3 is 9.80 Å². The molecule has 5 heterocycles. The maximum atomic E-state index is 14.0. The summed E-state index contributed by atoms with van der Waals surface area (Å²) in [5.74, 6) is -0.856. The van der Waals surface area contributed by atoms with Gasteiger partial charge in [0.05, 0.1) is 18.1 Å². The van der Waals surface area contributed by atoms with Gasteiger partial charge >= 0.3 is 0 Å². The van der Waals surface area contributed by atoms with Gasteiger partial charge in [-0.05, 0) is 36.4 Å². The van der Waals surface area contributed by atoms with Crippen LogP contribution in [-0.2, 0) is 18.3 Å². The summed E-state index contributed by atoms with van der Waals surface area (Å²) in [5.41, 5.74) is 4.78. The summed E-state index contributed by atoms with van der Waals surface area (Å²) in [7, 11) is 1.89. The molecular weight excluding hydrogens is 488 g/mol. The Hall–Kier alpha value is -4.60. The average molecular weight is 514 g/mol. The number of carbonyl (C=O) groups excluding carboxylic acids is 1. The Bertz CT molecular complexity index is 1600. The second kappa shape index (κ2) is 9.70. The van der Waals surface area contributed by atoms with Crippen molar-refractivity contribution in [1.82, 2.24) is 29.3 Å². The summed E-state index contributed by atoms with van der Waals surface area (Å²) in [4.78, 5) is 21.2. The summed E-state index contributed by atoms with van der Waals surface area (Å²) < 4.78 is 31.5. The minimum atomic E-state index is -0.694. The van der Waals surface area contributed by atoms with Crippen molar-refractivity contribution >= 4 is 17.2 Å². The van der Waals surface area contributed by atoms with Crippen molar-refractivity contribution in [3.8, 4) is 22.3 Å². The molecule has 0 aliphatic carbocycles. The molecule has 0 radical (unpaired) electrons. The molecule has 1 aliphatic rings. The summed E-state index contributed by atoms with van der Waals surface area (Å²) >= 11 is 0. The van der Waals surface area contributed by atoms with Gasteiger partial charge in [-0.25, -0.2) is 18.3 Å². The minimum Gasteiger partial charge on any atom is -0.353 e. The predicted octanol–water partition coefficient (Wildman–Crippen LogP) is 3.97. The number of pyridine rings is 2. The first kappa shape index (κ1) is 23.8. The molecule has 0 atom stereocenters. The Balaban J connectivity index is 1.16. The summed E-state index contributed by atoms with van der Waals surface area (Å²) in [6, 6.07) is 11.7. The lowest BCUT2D eigenvalue weighted by molar-refractivity contribution is -0.130. The molecule has 5 aromatic rings. The lowest BCUT2D eigenvalue weighted by Crippen LogP contribution is -2.49. The van der Waals surface area contributed by atoms with E-state index in [1.807, 2.05) is 54.5 Å². The third-order valence-corrected chi connectivity index (χ3v) is 6.95. The number of amides is 1. The van der Waals surface area contributed by atoms with Crippen LogP contribution in [0.4, 0.5) is 14.6 Å². The average Bonchev–Trinajstić information content (AvgIpc) is 3.59. The first-order chi connectivity index (χ1) is 18.5. The first-order valence-corrected chi connectivity index (χ1v) is 12.3. The number of hydrogen-bond acceptors (Lipinski definition) is 5. The van der Waals surface area contributed by atoms with E-state index in [4.69, 9.17) is 4.98 Å². The van der Waals surface area contributed by atoms with Gasteiger partial charge in [0, 0.05) is 85.8 Å². The van der Waals surface area contributed by atoms with Crippen LogP contribution in [0.15, 0.2) is 73.4 Å². The molecule has 0 N–H and O–H groups in total. The lowest BCUT2D eigenvalue weighted by Gasteiger charge is -2.35. The SMILES string of the molecule is Cn1cc(-c2cc(-c3ccc(N4CCN(C(=O)Cc5c(F)cccc5F)CC4)nc3)c3ccnn3c2)cn1. The summed E-state index contributed by atoms with van der Waals surface area (Å²) in [5, 5.41) is 8.72. The van der Waals surface area contributed by atoms with Crippen molar-refractivity contribution < 1.29 is 13.6 Å². The number of nitrogens with zero attached hydrogens (tertiary/aromatic N) is 7. The number of anilines is 1. The molecule has 1 fully saturated rings. The zero-order valence-corrected chi connectivity index (χ0v) is 20.8. The number of aromatic nitrogens is 5. The molecule has 1 amide bonds. The van der Waals surface area contributed by atoms with E-state index in [1.165, 1.54) is 18.2 Å². The smallest absolute Gasteiger partial charge is 0.227 e. The largest absolute Gasteiger partial charge is 0.353 e. The molecule has 1 saturated heterocycles. The van der Waals surface area contributed by atoms with Gasteiger partial charge in [-0.3, -0.25) is 9.48 Å². The van der Waals surface area contributed by atoms with E-state index in [-0.39, 0.29) is 17.9 Å². The van der Waals surface area contributed by atoms with Crippen LogP contribution in [0, 0.1) is 11.6 Å². The van der Waals surface area contributed by atoms with Crippen molar-refractivity contribution in [3.63, 3.8) is 0 Å². The van der Waals surface area contributed by atoms with Crippen molar-refractivity contribution in [2.45, 2.75) is 6.42 Å². The molecule has 1 aliphatic heterocycles. The van der Waals surface area contributed by atoms with Crippen LogP contribution in [0.3, 0.4) is 0 Å². The second-order valence-corrected chi connectivity index (χ2v) is 9.36. The molecular formula is C28H25F2N7O. The monoisotopic (exact) mass is 513 g/mol. The lowest BCUT2D eigenvalue weighted by atomic mass is 10.0. The number of hydrogen-bond donors (Lipinski definition) is 0. The van der Waals surface area contributed by atoms with E-state index >= 15 is 0 Å². The van der Waals surface area contributed by atoms with Gasteiger partial charge in [0.1, 0.15) is 17.5 Å². The molecule has 38 heavy (non-hydrogen) atoms. The van der Waals surface area contributed by atoms with Crippen molar-refractivity contribution in [2.75, 3.05) is 31.1 Å². The standard InChI is InChI=1S/C28H25F2N7O/c1-34-17-21(16-33-34)20-13-22(26-7-8-32-37(26)18-20)19-5-6-27(31-15-19)35-9-11-36(12-10-35)28(38)14-23-24(29)3-2-4-25(23)30/h2-8,13,15-18H,9-12,14H2,1H3. The number of aryl methyl sites for hydroxylation is 1. The van der Waals surface area contributed by atoms with E-state index in [1.54, 1.807) is 15.8 Å². The highest BCUT2D eigenvalue weighted by Crippen LogP contribution is 2.30. The maximum Gasteiger partial charge on any atom is 0.227 e. The second-order valence-electron chi connectivity index (χ2n) is 9.36. The van der Waals surface area contributed by atoms with Crippen LogP contribution in [0.1, 0.15) is 5.56 Å². The van der Waals surface area contributed by atoms with Gasteiger partial charge in [0.15, 0.2) is 0 Å². The Morgan fingerprint density at radius 3 is 2.37 bits per heavy atom. The van der Waals surface area contributed by atoms with Crippen molar-refractivity contribution in [1.29, 1.82) is 0 Å². The van der Waals surface area contributed by atoms with Gasteiger partial charge in [-0.2, -0.15) is 10.2 Å². The molecule has 0 spiro atoms. The van der Waals surface area contributed by atoms with Crippen LogP contribution >= 0.6 is 0 Å². The summed E-state index contributed by atoms with van der Waals surface area (Å²) in [6.45, 7) is 2.09. The fourth-order valence-corrected chi connectivity index (χ4v) is 4.87. The van der Waals surface area contributed by atoms with Crippen LogP contribution in [0.5, 0.6) is 0 Å². The van der Waals surface area contributed by atoms with Crippen LogP contribution in [0.25, 0.3) is 27.8 Å². The molecule has 0 saturated carbocycles. The molecule has 4 aromatic heterocycles. The Labute approximate surface area is 217 Å². The zero-order valence-electron chi connectivity index (χ0n) is 20.8. The third-order valence-electron chi connectivity index (χ3n) is 6.95. The molecule has 10 heteroatoms. The maximum absolute atomic E-state index is 14.0.